The van der Waals surface area contributed by atoms with Gasteiger partial charge < -0.3 is 0 Å². The zero-order valence-corrected chi connectivity index (χ0v) is 9.16. The number of aromatic nitrogens is 2. The molecular formula is C11H9N2O2S+. The maximum absolute atomic E-state index is 11.4. The van der Waals surface area contributed by atoms with Gasteiger partial charge in [0.1, 0.15) is 0 Å². The lowest BCUT2D eigenvalue weighted by atomic mass is 10.3. The molecule has 0 bridgehead atoms. The standard InChI is InChI=1S/C11H8N2O2S/c1-2-8-16-10-11(14)15-12-13(10)9-6-4-3-5-7-9/h1,3-7H,8H2/p+1. The summed E-state index contributed by atoms with van der Waals surface area (Å²) in [7, 11) is 0. The third-order valence-corrected chi connectivity index (χ3v) is 2.85. The Bertz CT molecular complexity index is 566. The smallest absolute Gasteiger partial charge is 0.282 e. The number of terminal acetylenes is 1. The number of hydrogen-bond donors (Lipinski definition) is 1. The fraction of sp³-hybridized carbons (Fsp3) is 0.0909. The number of nitrogens with one attached hydrogen (secondary N) is 1. The quantitative estimate of drug-likeness (QED) is 0.488. The summed E-state index contributed by atoms with van der Waals surface area (Å²) in [6.07, 6.45) is 5.16. The van der Waals surface area contributed by atoms with Crippen molar-refractivity contribution >= 4 is 11.8 Å². The number of nitrogens with zero attached hydrogens (tertiary/aromatic N) is 1. The third-order valence-electron chi connectivity index (χ3n) is 1.91. The zero-order valence-electron chi connectivity index (χ0n) is 8.34. The molecule has 1 N–H and O–H groups in total. The minimum absolute atomic E-state index is 0.413. The molecule has 0 unspecified atom stereocenters. The van der Waals surface area contributed by atoms with Crippen molar-refractivity contribution in [1.82, 2.24) is 5.27 Å². The molecule has 0 aliphatic heterocycles. The molecule has 5 heteroatoms. The van der Waals surface area contributed by atoms with E-state index >= 15 is 0 Å². The first-order valence-corrected chi connectivity index (χ1v) is 5.56. The summed E-state index contributed by atoms with van der Waals surface area (Å²) in [5, 5.41) is 2.99. The van der Waals surface area contributed by atoms with Crippen molar-refractivity contribution in [2.75, 3.05) is 5.75 Å². The fourth-order valence-electron chi connectivity index (χ4n) is 1.24. The average molecular weight is 233 g/mol. The minimum atomic E-state index is -0.413. The second-order valence-electron chi connectivity index (χ2n) is 2.95. The summed E-state index contributed by atoms with van der Waals surface area (Å²) in [6, 6.07) is 9.39. The molecule has 4 nitrogen and oxygen atoms in total. The molecule has 0 radical (unpaired) electrons. The molecule has 2 aromatic rings. The van der Waals surface area contributed by atoms with Crippen LogP contribution in [0.2, 0.25) is 0 Å². The van der Waals surface area contributed by atoms with E-state index in [9.17, 15) is 4.79 Å². The van der Waals surface area contributed by atoms with Crippen molar-refractivity contribution in [2.24, 2.45) is 0 Å². The first-order chi connectivity index (χ1) is 7.83. The summed E-state index contributed by atoms with van der Waals surface area (Å²) in [4.78, 5) is 11.4. The van der Waals surface area contributed by atoms with E-state index in [0.717, 1.165) is 5.69 Å². The van der Waals surface area contributed by atoms with Crippen LogP contribution in [-0.2, 0) is 0 Å². The molecule has 1 heterocycles. The topological polar surface area (TPSA) is 49.9 Å². The molecule has 0 aliphatic rings. The lowest BCUT2D eigenvalue weighted by Crippen LogP contribution is -2.35. The highest BCUT2D eigenvalue weighted by Gasteiger charge is 2.22. The normalized spacial score (nSPS) is 9.94. The molecule has 0 fully saturated rings. The van der Waals surface area contributed by atoms with E-state index in [0.29, 0.717) is 10.8 Å². The van der Waals surface area contributed by atoms with Gasteiger partial charge >= 0.3 is 10.7 Å². The molecule has 2 rings (SSSR count). The maximum atomic E-state index is 11.4. The van der Waals surface area contributed by atoms with E-state index < -0.39 is 5.63 Å². The lowest BCUT2D eigenvalue weighted by molar-refractivity contribution is -0.704. The molecule has 0 saturated carbocycles. The molecule has 0 aliphatic carbocycles. The van der Waals surface area contributed by atoms with Crippen LogP contribution < -0.4 is 10.3 Å². The molecule has 0 amide bonds. The van der Waals surface area contributed by atoms with Crippen LogP contribution in [0, 0.1) is 12.3 Å². The van der Waals surface area contributed by atoms with E-state index in [1.165, 1.54) is 11.8 Å². The van der Waals surface area contributed by atoms with Crippen molar-refractivity contribution in [3.8, 4) is 18.0 Å². The van der Waals surface area contributed by atoms with Crippen molar-refractivity contribution in [3.05, 3.63) is 40.8 Å². The van der Waals surface area contributed by atoms with Crippen LogP contribution in [0.4, 0.5) is 0 Å². The van der Waals surface area contributed by atoms with Gasteiger partial charge in [0.05, 0.1) is 5.75 Å². The summed E-state index contributed by atoms with van der Waals surface area (Å²) >= 11 is 1.26. The molecule has 80 valence electrons. The zero-order chi connectivity index (χ0) is 11.4. The molecule has 1 aromatic carbocycles. The highest BCUT2D eigenvalue weighted by Crippen LogP contribution is 2.09. The van der Waals surface area contributed by atoms with Crippen LogP contribution in [0.3, 0.4) is 0 Å². The summed E-state index contributed by atoms with van der Waals surface area (Å²) in [5.74, 6) is 2.89. The third kappa shape index (κ3) is 2.02. The molecule has 0 atom stereocenters. The van der Waals surface area contributed by atoms with Crippen molar-refractivity contribution in [1.29, 1.82) is 0 Å². The van der Waals surface area contributed by atoms with Gasteiger partial charge in [-0.2, -0.15) is 0 Å². The number of para-hydroxylation sites is 1. The Balaban J connectivity index is 2.43. The fourth-order valence-corrected chi connectivity index (χ4v) is 1.90. The number of benzene rings is 1. The largest absolute Gasteiger partial charge is 0.442 e. The molecule has 0 saturated heterocycles. The molecular weight excluding hydrogens is 224 g/mol. The van der Waals surface area contributed by atoms with Gasteiger partial charge in [0.15, 0.2) is 0 Å². The Morgan fingerprint density at radius 3 is 2.88 bits per heavy atom. The van der Waals surface area contributed by atoms with Crippen LogP contribution in [-0.4, -0.2) is 11.0 Å². The summed E-state index contributed by atoms with van der Waals surface area (Å²) < 4.78 is 6.31. The SMILES string of the molecule is C#CCSc1c(=O)o[nH][n+]1-c1ccccc1. The predicted octanol–water partition coefficient (Wildman–Crippen LogP) is 0.970. The minimum Gasteiger partial charge on any atom is -0.282 e. The van der Waals surface area contributed by atoms with Gasteiger partial charge in [-0.05, 0) is 21.7 Å². The Morgan fingerprint density at radius 1 is 1.44 bits per heavy atom. The highest BCUT2D eigenvalue weighted by molar-refractivity contribution is 7.99. The van der Waals surface area contributed by atoms with E-state index in [2.05, 4.69) is 11.2 Å². The Hall–Kier alpha value is -1.93. The first kappa shape index (κ1) is 10.6. The van der Waals surface area contributed by atoms with E-state index in [-0.39, 0.29) is 0 Å². The number of H-pyrrole nitrogens is 1. The lowest BCUT2D eigenvalue weighted by Gasteiger charge is -1.90. The maximum Gasteiger partial charge on any atom is 0.442 e. The second kappa shape index (κ2) is 4.73. The van der Waals surface area contributed by atoms with Crippen LogP contribution in [0.15, 0.2) is 44.7 Å². The Kier molecular flexibility index (Phi) is 3.13. The monoisotopic (exact) mass is 233 g/mol. The first-order valence-electron chi connectivity index (χ1n) is 4.58. The van der Waals surface area contributed by atoms with Crippen molar-refractivity contribution in [2.45, 2.75) is 5.03 Å². The number of thioether (sulfide) groups is 1. The second-order valence-corrected chi connectivity index (χ2v) is 3.91. The van der Waals surface area contributed by atoms with Crippen LogP contribution in [0.1, 0.15) is 0 Å². The molecule has 0 spiro atoms. The Labute approximate surface area is 96.2 Å². The van der Waals surface area contributed by atoms with Gasteiger partial charge in [-0.15, -0.1) is 6.42 Å². The van der Waals surface area contributed by atoms with Gasteiger partial charge in [-0.3, -0.25) is 4.52 Å². The van der Waals surface area contributed by atoms with Gasteiger partial charge in [0.2, 0.25) is 5.69 Å². The summed E-state index contributed by atoms with van der Waals surface area (Å²) in [5.41, 5.74) is 0.414. The van der Waals surface area contributed by atoms with Gasteiger partial charge in [0.25, 0.3) is 0 Å². The molecule has 16 heavy (non-hydrogen) atoms. The van der Waals surface area contributed by atoms with E-state index in [1.54, 1.807) is 4.68 Å². The Morgan fingerprint density at radius 2 is 2.19 bits per heavy atom. The van der Waals surface area contributed by atoms with Crippen LogP contribution >= 0.6 is 11.8 Å². The van der Waals surface area contributed by atoms with E-state index in [1.807, 2.05) is 30.3 Å². The van der Waals surface area contributed by atoms with Crippen LogP contribution in [0.5, 0.6) is 0 Å². The van der Waals surface area contributed by atoms with Gasteiger partial charge in [-0.25, -0.2) is 4.79 Å². The predicted molar refractivity (Wildman–Crippen MR) is 60.4 cm³/mol. The summed E-state index contributed by atoms with van der Waals surface area (Å²) in [6.45, 7) is 0. The number of aromatic amines is 1. The highest BCUT2D eigenvalue weighted by atomic mass is 32.2. The average Bonchev–Trinajstić information content (AvgIpc) is 2.69. The molecule has 1 aromatic heterocycles. The van der Waals surface area contributed by atoms with Gasteiger partial charge in [0, 0.05) is 12.1 Å². The van der Waals surface area contributed by atoms with Gasteiger partial charge in [-0.1, -0.05) is 24.1 Å². The van der Waals surface area contributed by atoms with Crippen molar-refractivity contribution in [3.63, 3.8) is 0 Å². The number of rotatable bonds is 3. The van der Waals surface area contributed by atoms with Crippen LogP contribution in [0.25, 0.3) is 5.69 Å². The number of hydrogen-bond acceptors (Lipinski definition) is 3. The van der Waals surface area contributed by atoms with E-state index in [4.69, 9.17) is 10.9 Å². The van der Waals surface area contributed by atoms with Crippen molar-refractivity contribution < 1.29 is 9.20 Å².